The summed E-state index contributed by atoms with van der Waals surface area (Å²) in [6, 6.07) is 0. The van der Waals surface area contributed by atoms with Gasteiger partial charge in [0.25, 0.3) is 0 Å². The first kappa shape index (κ1) is 21.4. The first-order chi connectivity index (χ1) is 10.6. The summed E-state index contributed by atoms with van der Waals surface area (Å²) in [5.74, 6) is 0.391. The van der Waals surface area contributed by atoms with E-state index in [1.54, 1.807) is 0 Å². The number of hydrogen-bond donors (Lipinski definition) is 1. The maximum absolute atomic E-state index is 11.1. The SMILES string of the molecule is CCOC(=O)CCCCCCCCCCCC[C@@H](C)[C@H](C)O. The van der Waals surface area contributed by atoms with Crippen molar-refractivity contribution in [1.29, 1.82) is 0 Å². The first-order valence-electron chi connectivity index (χ1n) is 9.41. The normalized spacial score (nSPS) is 13.8. The third-order valence-corrected chi connectivity index (χ3v) is 4.42. The van der Waals surface area contributed by atoms with E-state index in [1.807, 2.05) is 13.8 Å². The van der Waals surface area contributed by atoms with Crippen LogP contribution in [-0.4, -0.2) is 23.8 Å². The van der Waals surface area contributed by atoms with Crippen LogP contribution in [0, 0.1) is 5.92 Å². The third kappa shape index (κ3) is 14.4. The van der Waals surface area contributed by atoms with E-state index in [4.69, 9.17) is 4.74 Å². The van der Waals surface area contributed by atoms with Crippen LogP contribution in [0.2, 0.25) is 0 Å². The minimum Gasteiger partial charge on any atom is -0.466 e. The summed E-state index contributed by atoms with van der Waals surface area (Å²) in [5.41, 5.74) is 0. The van der Waals surface area contributed by atoms with Gasteiger partial charge < -0.3 is 9.84 Å². The zero-order valence-corrected chi connectivity index (χ0v) is 15.1. The number of ether oxygens (including phenoxy) is 1. The Morgan fingerprint density at radius 1 is 0.864 bits per heavy atom. The quantitative estimate of drug-likeness (QED) is 0.332. The lowest BCUT2D eigenvalue weighted by Crippen LogP contribution is -2.12. The smallest absolute Gasteiger partial charge is 0.305 e. The monoisotopic (exact) mass is 314 g/mol. The lowest BCUT2D eigenvalue weighted by Gasteiger charge is -2.13. The van der Waals surface area contributed by atoms with Crippen molar-refractivity contribution in [3.05, 3.63) is 0 Å². The molecule has 0 aliphatic carbocycles. The highest BCUT2D eigenvalue weighted by Crippen LogP contribution is 2.15. The number of esters is 1. The number of aliphatic hydroxyl groups is 1. The second-order valence-corrected chi connectivity index (χ2v) is 6.60. The second-order valence-electron chi connectivity index (χ2n) is 6.60. The molecule has 0 saturated carbocycles. The minimum atomic E-state index is -0.163. The molecule has 0 aromatic heterocycles. The Labute approximate surface area is 137 Å². The number of aliphatic hydroxyl groups excluding tert-OH is 1. The minimum absolute atomic E-state index is 0.0487. The molecule has 3 nitrogen and oxygen atoms in total. The van der Waals surface area contributed by atoms with Gasteiger partial charge in [0.1, 0.15) is 0 Å². The zero-order chi connectivity index (χ0) is 16.6. The highest BCUT2D eigenvalue weighted by atomic mass is 16.5. The molecule has 0 radical (unpaired) electrons. The molecule has 0 unspecified atom stereocenters. The molecule has 0 aromatic carbocycles. The average Bonchev–Trinajstić information content (AvgIpc) is 2.48. The van der Waals surface area contributed by atoms with Crippen LogP contribution in [-0.2, 0) is 9.53 Å². The summed E-state index contributed by atoms with van der Waals surface area (Å²) in [4.78, 5) is 11.1. The van der Waals surface area contributed by atoms with Crippen molar-refractivity contribution in [3.63, 3.8) is 0 Å². The zero-order valence-electron chi connectivity index (χ0n) is 15.1. The summed E-state index contributed by atoms with van der Waals surface area (Å²) in [5, 5.41) is 9.41. The lowest BCUT2D eigenvalue weighted by molar-refractivity contribution is -0.143. The van der Waals surface area contributed by atoms with Gasteiger partial charge in [-0.15, -0.1) is 0 Å². The topological polar surface area (TPSA) is 46.5 Å². The van der Waals surface area contributed by atoms with E-state index in [1.165, 1.54) is 51.4 Å². The summed E-state index contributed by atoms with van der Waals surface area (Å²) < 4.78 is 4.91. The molecule has 0 bridgehead atoms. The maximum atomic E-state index is 11.1. The Balaban J connectivity index is 3.13. The molecule has 2 atom stereocenters. The van der Waals surface area contributed by atoms with E-state index in [0.29, 0.717) is 18.9 Å². The number of carbonyl (C=O) groups excluding carboxylic acids is 1. The molecular weight excluding hydrogens is 276 g/mol. The van der Waals surface area contributed by atoms with Gasteiger partial charge in [-0.2, -0.15) is 0 Å². The van der Waals surface area contributed by atoms with Crippen LogP contribution in [0.4, 0.5) is 0 Å². The van der Waals surface area contributed by atoms with E-state index in [9.17, 15) is 9.90 Å². The van der Waals surface area contributed by atoms with Gasteiger partial charge in [-0.1, -0.05) is 64.7 Å². The molecule has 0 heterocycles. The molecule has 0 amide bonds. The van der Waals surface area contributed by atoms with Gasteiger partial charge in [-0.25, -0.2) is 0 Å². The molecular formula is C19H38O3. The van der Waals surface area contributed by atoms with Gasteiger partial charge >= 0.3 is 5.97 Å². The summed E-state index contributed by atoms with van der Waals surface area (Å²) >= 11 is 0. The van der Waals surface area contributed by atoms with Gasteiger partial charge in [0.2, 0.25) is 0 Å². The molecule has 0 aliphatic rings. The van der Waals surface area contributed by atoms with Gasteiger partial charge in [-0.05, 0) is 32.6 Å². The molecule has 0 saturated heterocycles. The Morgan fingerprint density at radius 2 is 1.32 bits per heavy atom. The van der Waals surface area contributed by atoms with Crippen LogP contribution in [0.3, 0.4) is 0 Å². The van der Waals surface area contributed by atoms with Crippen molar-refractivity contribution in [1.82, 2.24) is 0 Å². The van der Waals surface area contributed by atoms with E-state index in [2.05, 4.69) is 6.92 Å². The van der Waals surface area contributed by atoms with E-state index in [0.717, 1.165) is 19.3 Å². The van der Waals surface area contributed by atoms with Gasteiger partial charge in [-0.3, -0.25) is 4.79 Å². The van der Waals surface area contributed by atoms with Crippen LogP contribution in [0.5, 0.6) is 0 Å². The predicted octanol–water partition coefficient (Wildman–Crippen LogP) is 5.25. The first-order valence-corrected chi connectivity index (χ1v) is 9.41. The maximum Gasteiger partial charge on any atom is 0.305 e. The fourth-order valence-electron chi connectivity index (χ4n) is 2.62. The number of hydrogen-bond acceptors (Lipinski definition) is 3. The van der Waals surface area contributed by atoms with Crippen molar-refractivity contribution in [3.8, 4) is 0 Å². The summed E-state index contributed by atoms with van der Waals surface area (Å²) in [7, 11) is 0. The van der Waals surface area contributed by atoms with Gasteiger partial charge in [0, 0.05) is 6.42 Å². The highest BCUT2D eigenvalue weighted by molar-refractivity contribution is 5.69. The van der Waals surface area contributed by atoms with Crippen molar-refractivity contribution in [2.75, 3.05) is 6.61 Å². The standard InChI is InChI=1S/C19H38O3/c1-4-22-19(21)16-14-12-10-8-6-5-7-9-11-13-15-17(2)18(3)20/h17-18,20H,4-16H2,1-3H3/t17-,18+/m1/s1. The Kier molecular flexibility index (Phi) is 14.9. The van der Waals surface area contributed by atoms with Crippen molar-refractivity contribution >= 4 is 5.97 Å². The molecule has 0 fully saturated rings. The Morgan fingerprint density at radius 3 is 1.77 bits per heavy atom. The van der Waals surface area contributed by atoms with Crippen molar-refractivity contribution in [2.24, 2.45) is 5.92 Å². The largest absolute Gasteiger partial charge is 0.466 e. The molecule has 0 aromatic rings. The summed E-state index contributed by atoms with van der Waals surface area (Å²) in [6.07, 6.45) is 14.1. The number of unbranched alkanes of at least 4 members (excludes halogenated alkanes) is 9. The van der Waals surface area contributed by atoms with Gasteiger partial charge in [0.15, 0.2) is 0 Å². The van der Waals surface area contributed by atoms with E-state index in [-0.39, 0.29) is 12.1 Å². The fourth-order valence-corrected chi connectivity index (χ4v) is 2.62. The molecule has 0 spiro atoms. The Hall–Kier alpha value is -0.570. The van der Waals surface area contributed by atoms with Crippen LogP contribution in [0.25, 0.3) is 0 Å². The number of rotatable bonds is 15. The Bertz CT molecular complexity index is 251. The van der Waals surface area contributed by atoms with Crippen LogP contribution in [0.15, 0.2) is 0 Å². The van der Waals surface area contributed by atoms with Crippen LogP contribution >= 0.6 is 0 Å². The van der Waals surface area contributed by atoms with Gasteiger partial charge in [0.05, 0.1) is 12.7 Å². The predicted molar refractivity (Wildman–Crippen MR) is 92.9 cm³/mol. The molecule has 0 aliphatic heterocycles. The van der Waals surface area contributed by atoms with Crippen LogP contribution < -0.4 is 0 Å². The highest BCUT2D eigenvalue weighted by Gasteiger charge is 2.07. The van der Waals surface area contributed by atoms with E-state index >= 15 is 0 Å². The van der Waals surface area contributed by atoms with Crippen LogP contribution in [0.1, 0.15) is 97.8 Å². The van der Waals surface area contributed by atoms with Crippen molar-refractivity contribution < 1.29 is 14.6 Å². The third-order valence-electron chi connectivity index (χ3n) is 4.42. The fraction of sp³-hybridized carbons (Fsp3) is 0.947. The number of carbonyl (C=O) groups is 1. The molecule has 0 rings (SSSR count). The molecule has 3 heteroatoms. The molecule has 22 heavy (non-hydrogen) atoms. The second kappa shape index (κ2) is 15.3. The summed E-state index contributed by atoms with van der Waals surface area (Å²) in [6.45, 7) is 6.37. The van der Waals surface area contributed by atoms with Crippen molar-refractivity contribution in [2.45, 2.75) is 104 Å². The molecule has 132 valence electrons. The van der Waals surface area contributed by atoms with E-state index < -0.39 is 0 Å². The molecule has 1 N–H and O–H groups in total. The lowest BCUT2D eigenvalue weighted by atomic mass is 9.97. The average molecular weight is 315 g/mol.